The summed E-state index contributed by atoms with van der Waals surface area (Å²) in [5, 5.41) is 17.2. The molecule has 0 radical (unpaired) electrons. The Labute approximate surface area is 148 Å². The summed E-state index contributed by atoms with van der Waals surface area (Å²) >= 11 is 0. The molecule has 0 aliphatic heterocycles. The van der Waals surface area contributed by atoms with Crippen LogP contribution in [-0.2, 0) is 20.9 Å². The van der Waals surface area contributed by atoms with Crippen molar-refractivity contribution < 1.29 is 28.8 Å². The molecule has 0 aliphatic carbocycles. The molecule has 3 N–H and O–H groups in total. The van der Waals surface area contributed by atoms with Gasteiger partial charge in [0, 0.05) is 17.8 Å². The highest BCUT2D eigenvalue weighted by Crippen LogP contribution is 2.09. The Morgan fingerprint density at radius 3 is 2.58 bits per heavy atom. The van der Waals surface area contributed by atoms with E-state index in [2.05, 4.69) is 20.8 Å². The lowest BCUT2D eigenvalue weighted by molar-refractivity contribution is -0.136. The fraction of sp³-hybridized carbons (Fsp3) is 0.312. The van der Waals surface area contributed by atoms with Crippen molar-refractivity contribution in [1.82, 2.24) is 15.5 Å². The van der Waals surface area contributed by atoms with E-state index in [0.29, 0.717) is 17.1 Å². The smallest absolute Gasteiger partial charge is 0.305 e. The van der Waals surface area contributed by atoms with E-state index in [1.54, 1.807) is 19.1 Å². The number of hydrogen-bond donors (Lipinski definition) is 3. The molecule has 2 amide bonds. The number of ether oxygens (including phenoxy) is 1. The van der Waals surface area contributed by atoms with Crippen LogP contribution in [0.4, 0.5) is 5.69 Å². The molecule has 0 unspecified atom stereocenters. The maximum atomic E-state index is 11.8. The molecule has 1 aromatic carbocycles. The Kier molecular flexibility index (Phi) is 6.80. The average Bonchev–Trinajstić information content (AvgIpc) is 3.00. The van der Waals surface area contributed by atoms with Crippen molar-refractivity contribution in [3.05, 3.63) is 41.5 Å². The van der Waals surface area contributed by atoms with E-state index in [-0.39, 0.29) is 43.9 Å². The molecule has 26 heavy (non-hydrogen) atoms. The SMILES string of the molecule is Cc1noc(COCC(=O)Nc2ccc(C(=O)NCCC(=O)O)cc2)n1. The van der Waals surface area contributed by atoms with Crippen LogP contribution in [0.25, 0.3) is 0 Å². The third-order valence-corrected chi connectivity index (χ3v) is 3.08. The molecule has 10 heteroatoms. The molecule has 10 nitrogen and oxygen atoms in total. The average molecular weight is 362 g/mol. The molecule has 2 rings (SSSR count). The van der Waals surface area contributed by atoms with Crippen molar-refractivity contribution in [2.24, 2.45) is 0 Å². The molecule has 2 aromatic rings. The van der Waals surface area contributed by atoms with Gasteiger partial charge in [0.25, 0.3) is 11.8 Å². The van der Waals surface area contributed by atoms with Crippen LogP contribution in [0.1, 0.15) is 28.5 Å². The zero-order chi connectivity index (χ0) is 18.9. The van der Waals surface area contributed by atoms with Crippen LogP contribution in [-0.4, -0.2) is 46.2 Å². The first-order chi connectivity index (χ1) is 12.4. The molecule has 0 aliphatic rings. The van der Waals surface area contributed by atoms with Gasteiger partial charge in [-0.2, -0.15) is 4.98 Å². The number of benzene rings is 1. The van der Waals surface area contributed by atoms with Gasteiger partial charge in [-0.3, -0.25) is 14.4 Å². The van der Waals surface area contributed by atoms with Crippen molar-refractivity contribution >= 4 is 23.5 Å². The van der Waals surface area contributed by atoms with Crippen LogP contribution in [0.2, 0.25) is 0 Å². The second-order valence-electron chi connectivity index (χ2n) is 5.25. The fourth-order valence-electron chi connectivity index (χ4n) is 1.92. The van der Waals surface area contributed by atoms with Gasteiger partial charge in [0.1, 0.15) is 13.2 Å². The van der Waals surface area contributed by atoms with E-state index < -0.39 is 5.97 Å². The number of hydrogen-bond acceptors (Lipinski definition) is 7. The Morgan fingerprint density at radius 1 is 1.23 bits per heavy atom. The highest BCUT2D eigenvalue weighted by molar-refractivity contribution is 5.96. The molecule has 1 aromatic heterocycles. The zero-order valence-corrected chi connectivity index (χ0v) is 14.0. The highest BCUT2D eigenvalue weighted by atomic mass is 16.5. The first-order valence-electron chi connectivity index (χ1n) is 7.71. The van der Waals surface area contributed by atoms with Crippen LogP contribution in [0.3, 0.4) is 0 Å². The molecule has 138 valence electrons. The number of anilines is 1. The van der Waals surface area contributed by atoms with E-state index in [1.807, 2.05) is 0 Å². The standard InChI is InChI=1S/C16H18N4O6/c1-10-18-14(26-20-10)9-25-8-13(21)19-12-4-2-11(3-5-12)16(24)17-7-6-15(22)23/h2-5H,6-9H2,1H3,(H,17,24)(H,19,21)(H,22,23). The van der Waals surface area contributed by atoms with Gasteiger partial charge in [-0.15, -0.1) is 0 Å². The fourth-order valence-corrected chi connectivity index (χ4v) is 1.92. The molecular formula is C16H18N4O6. The summed E-state index contributed by atoms with van der Waals surface area (Å²) in [7, 11) is 0. The maximum Gasteiger partial charge on any atom is 0.305 e. The van der Waals surface area contributed by atoms with E-state index in [1.165, 1.54) is 12.1 Å². The summed E-state index contributed by atoms with van der Waals surface area (Å²) in [6.07, 6.45) is -0.150. The van der Waals surface area contributed by atoms with Gasteiger partial charge in [0.15, 0.2) is 5.82 Å². The third-order valence-electron chi connectivity index (χ3n) is 3.08. The molecule has 0 atom stereocenters. The third kappa shape index (κ3) is 6.32. The maximum absolute atomic E-state index is 11.8. The topological polar surface area (TPSA) is 144 Å². The number of aromatic nitrogens is 2. The van der Waals surface area contributed by atoms with Crippen molar-refractivity contribution in [2.45, 2.75) is 20.0 Å². The largest absolute Gasteiger partial charge is 0.481 e. The number of carbonyl (C=O) groups excluding carboxylic acids is 2. The molecular weight excluding hydrogens is 344 g/mol. The Morgan fingerprint density at radius 2 is 1.96 bits per heavy atom. The molecule has 0 fully saturated rings. The molecule has 0 saturated heterocycles. The predicted octanol–water partition coefficient (Wildman–Crippen LogP) is 0.738. The summed E-state index contributed by atoms with van der Waals surface area (Å²) < 4.78 is 10.0. The number of rotatable bonds is 9. The van der Waals surface area contributed by atoms with Crippen LogP contribution >= 0.6 is 0 Å². The monoisotopic (exact) mass is 362 g/mol. The minimum Gasteiger partial charge on any atom is -0.481 e. The molecule has 0 bridgehead atoms. The van der Waals surface area contributed by atoms with Crippen molar-refractivity contribution in [2.75, 3.05) is 18.5 Å². The van der Waals surface area contributed by atoms with Crippen LogP contribution in [0.5, 0.6) is 0 Å². The molecule has 1 heterocycles. The summed E-state index contributed by atoms with van der Waals surface area (Å²) in [5.41, 5.74) is 0.853. The second kappa shape index (κ2) is 9.28. The number of amides is 2. The minimum atomic E-state index is -0.986. The van der Waals surface area contributed by atoms with E-state index in [0.717, 1.165) is 0 Å². The number of nitrogens with one attached hydrogen (secondary N) is 2. The Balaban J connectivity index is 1.74. The lowest BCUT2D eigenvalue weighted by Crippen LogP contribution is -2.26. The quantitative estimate of drug-likeness (QED) is 0.592. The summed E-state index contributed by atoms with van der Waals surface area (Å²) in [4.78, 5) is 38.0. The van der Waals surface area contributed by atoms with Crippen molar-refractivity contribution in [3.8, 4) is 0 Å². The van der Waals surface area contributed by atoms with Gasteiger partial charge in [0.05, 0.1) is 6.42 Å². The molecule has 0 spiro atoms. The van der Waals surface area contributed by atoms with Crippen LogP contribution in [0, 0.1) is 6.92 Å². The van der Waals surface area contributed by atoms with Gasteiger partial charge >= 0.3 is 5.97 Å². The number of nitrogens with zero attached hydrogens (tertiary/aromatic N) is 2. The zero-order valence-electron chi connectivity index (χ0n) is 14.0. The second-order valence-corrected chi connectivity index (χ2v) is 5.25. The van der Waals surface area contributed by atoms with Crippen LogP contribution < -0.4 is 10.6 Å². The van der Waals surface area contributed by atoms with E-state index in [4.69, 9.17) is 14.4 Å². The van der Waals surface area contributed by atoms with E-state index >= 15 is 0 Å². The van der Waals surface area contributed by atoms with Gasteiger partial charge in [-0.05, 0) is 31.2 Å². The number of carboxylic acid groups (broad SMARTS) is 1. The summed E-state index contributed by atoms with van der Waals surface area (Å²) in [6, 6.07) is 6.16. The Bertz CT molecular complexity index is 771. The van der Waals surface area contributed by atoms with Gasteiger partial charge in [0.2, 0.25) is 5.91 Å². The number of aliphatic carboxylic acids is 1. The number of carbonyl (C=O) groups is 3. The first kappa shape index (κ1) is 19.1. The lowest BCUT2D eigenvalue weighted by Gasteiger charge is -2.07. The van der Waals surface area contributed by atoms with Gasteiger partial charge < -0.3 is 25.0 Å². The van der Waals surface area contributed by atoms with Crippen molar-refractivity contribution in [3.63, 3.8) is 0 Å². The van der Waals surface area contributed by atoms with Crippen molar-refractivity contribution in [1.29, 1.82) is 0 Å². The van der Waals surface area contributed by atoms with E-state index in [9.17, 15) is 14.4 Å². The minimum absolute atomic E-state index is 0.0315. The number of carboxylic acids is 1. The number of aryl methyl sites for hydroxylation is 1. The lowest BCUT2D eigenvalue weighted by atomic mass is 10.2. The van der Waals surface area contributed by atoms with Crippen LogP contribution in [0.15, 0.2) is 28.8 Å². The van der Waals surface area contributed by atoms with Gasteiger partial charge in [-0.1, -0.05) is 5.16 Å². The normalized spacial score (nSPS) is 10.3. The predicted molar refractivity (Wildman–Crippen MR) is 88.3 cm³/mol. The molecule has 0 saturated carbocycles. The first-order valence-corrected chi connectivity index (χ1v) is 7.71. The highest BCUT2D eigenvalue weighted by Gasteiger charge is 2.08. The Hall–Kier alpha value is -3.27. The summed E-state index contributed by atoms with van der Waals surface area (Å²) in [6.45, 7) is 1.56. The van der Waals surface area contributed by atoms with Gasteiger partial charge in [-0.25, -0.2) is 0 Å². The summed E-state index contributed by atoms with van der Waals surface area (Å²) in [5.74, 6) is -0.976.